The fraction of sp³-hybridized carbons (Fsp3) is 0.0680. The number of benzene rings is 14. The van der Waals surface area contributed by atoms with Gasteiger partial charge in [-0.1, -0.05) is 423 Å². The molecule has 1 aliphatic heterocycles. The van der Waals surface area contributed by atoms with Crippen LogP contribution in [0.1, 0.15) is 35.1 Å². The average Bonchev–Trinajstić information content (AvgIpc) is 1.62. The van der Waals surface area contributed by atoms with Crippen molar-refractivity contribution >= 4 is 169 Å². The molecule has 5 heterocycles. The van der Waals surface area contributed by atoms with Crippen LogP contribution in [-0.4, -0.2) is 38.3 Å². The molecule has 0 atom stereocenters. The van der Waals surface area contributed by atoms with Crippen molar-refractivity contribution in [2.75, 3.05) is 0 Å². The summed E-state index contributed by atoms with van der Waals surface area (Å²) in [4.78, 5) is 16.2. The summed E-state index contributed by atoms with van der Waals surface area (Å²) in [6.07, 6.45) is 6.19. The minimum absolute atomic E-state index is 0. The number of hydrogen-bond donors (Lipinski definition) is 0. The van der Waals surface area contributed by atoms with Crippen LogP contribution in [0, 0.1) is 0 Å². The van der Waals surface area contributed by atoms with Gasteiger partial charge in [-0.05, 0) is 177 Å². The van der Waals surface area contributed by atoms with E-state index in [4.69, 9.17) is 41.3 Å². The molecular weight excluding hydrogens is 1750 g/mol. The molecule has 1 fully saturated rings. The van der Waals surface area contributed by atoms with Gasteiger partial charge in [0.2, 0.25) is 0 Å². The number of fused-ring (bicyclic) bond motifs is 2. The van der Waals surface area contributed by atoms with E-state index in [2.05, 4.69) is 400 Å². The number of nitrogens with zero attached hydrogens (tertiary/aromatic N) is 4. The van der Waals surface area contributed by atoms with Crippen LogP contribution in [0.5, 0.6) is 0 Å². The van der Waals surface area contributed by atoms with E-state index in [9.17, 15) is 0 Å². The van der Waals surface area contributed by atoms with E-state index >= 15 is 0 Å². The van der Waals surface area contributed by atoms with Gasteiger partial charge in [0.25, 0.3) is 0 Å². The van der Waals surface area contributed by atoms with Gasteiger partial charge < -0.3 is 18.1 Å². The summed E-state index contributed by atoms with van der Waals surface area (Å²) in [7, 11) is -2.22. The van der Waals surface area contributed by atoms with E-state index in [1.54, 1.807) is 12.4 Å². The largest absolute Gasteiger partial charge is 0.498 e. The molecule has 1 aliphatic rings. The molecule has 120 heavy (non-hydrogen) atoms. The smallest absolute Gasteiger partial charge is 0.443 e. The van der Waals surface area contributed by atoms with Gasteiger partial charge in [0.15, 0.2) is 24.0 Å². The van der Waals surface area contributed by atoms with Crippen LogP contribution in [0.25, 0.3) is 33.3 Å². The van der Waals surface area contributed by atoms with Gasteiger partial charge in [-0.2, -0.15) is 0 Å². The number of hydrogen-bond acceptors (Lipinski definition) is 8. The molecule has 0 saturated carbocycles. The Kier molecular flexibility index (Phi) is 35.1. The fourth-order valence-electron chi connectivity index (χ4n) is 12.7. The molecule has 0 spiro atoms. The summed E-state index contributed by atoms with van der Waals surface area (Å²) in [6.45, 7) is 8.04. The van der Waals surface area contributed by atoms with Gasteiger partial charge in [-0.25, -0.2) is 19.9 Å². The van der Waals surface area contributed by atoms with Crippen molar-refractivity contribution in [3.05, 3.63) is 465 Å². The maximum absolute atomic E-state index is 6.03. The first-order valence-corrected chi connectivity index (χ1v) is 45.5. The van der Waals surface area contributed by atoms with Crippen LogP contribution in [0.3, 0.4) is 0 Å². The zero-order valence-electron chi connectivity index (χ0n) is 66.0. The monoisotopic (exact) mass is 1840 g/mol. The van der Waals surface area contributed by atoms with Crippen molar-refractivity contribution < 1.29 is 38.6 Å². The Hall–Kier alpha value is -10.3. The Bertz CT molecular complexity index is 5110. The Morgan fingerprint density at radius 2 is 0.525 bits per heavy atom. The van der Waals surface area contributed by atoms with Crippen molar-refractivity contribution in [1.29, 1.82) is 0 Å². The zero-order chi connectivity index (χ0) is 81.6. The maximum Gasteiger partial charge on any atom is 0.498 e. The molecule has 600 valence electrons. The Balaban J connectivity index is 0.000000137. The molecule has 14 aromatic carbocycles. The van der Waals surface area contributed by atoms with Crippen molar-refractivity contribution in [3.8, 4) is 11.1 Å². The second-order valence-corrected chi connectivity index (χ2v) is 38.2. The van der Waals surface area contributed by atoms with E-state index in [0.29, 0.717) is 10.3 Å². The summed E-state index contributed by atoms with van der Waals surface area (Å²) in [5.74, 6) is 0. The predicted octanol–water partition coefficient (Wildman–Crippen LogP) is 22.6. The molecule has 17 heteroatoms. The van der Waals surface area contributed by atoms with Crippen LogP contribution in [-0.2, 0) is 29.7 Å². The molecule has 18 aromatic rings. The predicted molar refractivity (Wildman–Crippen MR) is 516 cm³/mol. The number of aromatic nitrogens is 4. The third kappa shape index (κ3) is 25.2. The SMILES string of the molecule is Brc1ccc2ocnc2c1.C.CC1(C)OB(c2cccnc2Cl)OC1(C)C.Clc1ncccc1-c1ccc2ocnc2c1.[Pd].c1ccc(P(c2ccccc2)c2ccccc2)cc1.c1ccc(P(c2ccccc2)c2ccccc2)cc1.c1ccc(P(c2ccccc2)c2ccccc2)cc1.c1ccc(P(c2ccccc2)c2ccccc2)cc1. The summed E-state index contributed by atoms with van der Waals surface area (Å²) < 4.78 is 23.0. The first-order chi connectivity index (χ1) is 57.8. The number of halogens is 3. The minimum Gasteiger partial charge on any atom is -0.443 e. The minimum atomic E-state index is -0.446. The Morgan fingerprint density at radius 1 is 0.283 bits per heavy atom. The second-order valence-electron chi connectivity index (χ2n) is 27.7. The van der Waals surface area contributed by atoms with Crippen molar-refractivity contribution in [3.63, 3.8) is 0 Å². The topological polar surface area (TPSA) is 96.3 Å². The van der Waals surface area contributed by atoms with Crippen LogP contribution in [0.2, 0.25) is 10.3 Å². The van der Waals surface area contributed by atoms with E-state index in [1.807, 2.05) is 88.4 Å². The van der Waals surface area contributed by atoms with Crippen LogP contribution in [0.4, 0.5) is 0 Å². The van der Waals surface area contributed by atoms with E-state index in [-0.39, 0.29) is 39.1 Å². The van der Waals surface area contributed by atoms with Gasteiger partial charge in [0, 0.05) is 48.3 Å². The molecule has 0 aliphatic carbocycles. The molecule has 0 amide bonds. The van der Waals surface area contributed by atoms with Gasteiger partial charge in [0.05, 0.1) is 11.2 Å². The van der Waals surface area contributed by atoms with Crippen molar-refractivity contribution in [1.82, 2.24) is 19.9 Å². The number of oxazole rings is 2. The van der Waals surface area contributed by atoms with Crippen LogP contribution >= 0.6 is 70.8 Å². The number of rotatable bonds is 14. The maximum atomic E-state index is 6.03. The molecule has 0 bridgehead atoms. The quantitative estimate of drug-likeness (QED) is 0.0604. The fourth-order valence-corrected chi connectivity index (χ4v) is 22.7. The van der Waals surface area contributed by atoms with Gasteiger partial charge in [-0.15, -0.1) is 0 Å². The van der Waals surface area contributed by atoms with Gasteiger partial charge >= 0.3 is 7.12 Å². The molecule has 0 N–H and O–H groups in total. The van der Waals surface area contributed by atoms with E-state index < -0.39 is 38.8 Å². The van der Waals surface area contributed by atoms with Gasteiger partial charge in [0.1, 0.15) is 21.3 Å². The molecule has 0 unspecified atom stereocenters. The van der Waals surface area contributed by atoms with E-state index in [0.717, 1.165) is 43.3 Å². The molecule has 1 saturated heterocycles. The van der Waals surface area contributed by atoms with E-state index in [1.165, 1.54) is 76.4 Å². The normalized spacial score (nSPS) is 12.0. The van der Waals surface area contributed by atoms with Crippen LogP contribution in [0.15, 0.2) is 463 Å². The third-order valence-electron chi connectivity index (χ3n) is 19.2. The molecule has 19 rings (SSSR count). The average molecular weight is 1840 g/mol. The van der Waals surface area contributed by atoms with Crippen LogP contribution < -0.4 is 69.1 Å². The first-order valence-electron chi connectivity index (χ1n) is 38.5. The Morgan fingerprint density at radius 3 is 0.783 bits per heavy atom. The second kappa shape index (κ2) is 46.5. The molecule has 4 aromatic heterocycles. The zero-order valence-corrected chi connectivity index (χ0v) is 74.2. The molecule has 0 radical (unpaired) electrons. The van der Waals surface area contributed by atoms with Crippen molar-refractivity contribution in [2.24, 2.45) is 0 Å². The van der Waals surface area contributed by atoms with Crippen molar-refractivity contribution in [2.45, 2.75) is 46.3 Å². The van der Waals surface area contributed by atoms with Gasteiger partial charge in [-0.3, -0.25) is 0 Å². The summed E-state index contributed by atoms with van der Waals surface area (Å²) in [5, 5.41) is 17.7. The summed E-state index contributed by atoms with van der Waals surface area (Å²) in [5.41, 5.74) is 5.25. The molecule has 8 nitrogen and oxygen atoms in total. The summed E-state index contributed by atoms with van der Waals surface area (Å²) in [6, 6.07) is 148. The standard InChI is InChI=1S/4C18H15P.C12H7ClN2O.C11H15BClNO2.C7H4BrNO.CH4.Pd/c4*1-4-10-16(11-5-1)19(17-12-6-2-7-13-17)18-14-8-3-9-15-18;13-12-9(2-1-5-14-12)8-3-4-11-10(6-8)15-7-16-11;1-10(2)11(3,4)16-12(15-10)8-6-5-7-14-9(8)13;8-5-1-2-7-6(3-5)9-4-10-7;;/h4*1-15H;1-7H;5-7H,1-4H3;1-4H;1H4;. The third-order valence-corrected chi connectivity index (χ3v) is 30.0. The summed E-state index contributed by atoms with van der Waals surface area (Å²) >= 11 is 15.4. The number of pyridine rings is 2. The first kappa shape index (κ1) is 90.5. The Labute approximate surface area is 743 Å². The molecular formula is C103H90BBrCl2N4O4P4Pd.